The monoisotopic (exact) mass is 302 g/mol. The van der Waals surface area contributed by atoms with Crippen molar-refractivity contribution in [2.45, 2.75) is 58.7 Å². The number of rotatable bonds is 2. The summed E-state index contributed by atoms with van der Waals surface area (Å²) < 4.78 is 12.3. The summed E-state index contributed by atoms with van der Waals surface area (Å²) in [7, 11) is -0.310. The summed E-state index contributed by atoms with van der Waals surface area (Å²) in [5.41, 5.74) is 0.450. The summed E-state index contributed by atoms with van der Waals surface area (Å²) in [4.78, 5) is 6.92. The summed E-state index contributed by atoms with van der Waals surface area (Å²) in [5.74, 6) is 1.86. The van der Waals surface area contributed by atoms with E-state index < -0.39 is 0 Å². The maximum atomic E-state index is 6.14. The standard InChI is InChI=1S/C17H27BN2O2/c1-13-7-10-20(11-8-13)15-12-14(6-9-19-15)18-21-16(2,3)17(4,5)22-18/h6,9,12-13H,7-8,10-11H2,1-5H3. The average molecular weight is 302 g/mol. The van der Waals surface area contributed by atoms with Crippen LogP contribution in [0, 0.1) is 5.92 Å². The van der Waals surface area contributed by atoms with E-state index in [0.29, 0.717) is 0 Å². The van der Waals surface area contributed by atoms with Gasteiger partial charge in [-0.2, -0.15) is 0 Å². The summed E-state index contributed by atoms with van der Waals surface area (Å²) >= 11 is 0. The number of hydrogen-bond donors (Lipinski definition) is 0. The molecule has 2 aliphatic heterocycles. The number of hydrogen-bond acceptors (Lipinski definition) is 4. The zero-order valence-corrected chi connectivity index (χ0v) is 14.4. The Balaban J connectivity index is 1.78. The van der Waals surface area contributed by atoms with E-state index >= 15 is 0 Å². The zero-order valence-electron chi connectivity index (χ0n) is 14.4. The predicted octanol–water partition coefficient (Wildman–Crippen LogP) is 2.62. The van der Waals surface area contributed by atoms with Gasteiger partial charge in [0.1, 0.15) is 5.82 Å². The van der Waals surface area contributed by atoms with Crippen LogP contribution in [0.1, 0.15) is 47.5 Å². The van der Waals surface area contributed by atoms with E-state index in [1.807, 2.05) is 12.3 Å². The van der Waals surface area contributed by atoms with Crippen molar-refractivity contribution in [1.29, 1.82) is 0 Å². The molecule has 0 amide bonds. The second-order valence-corrected chi connectivity index (χ2v) is 7.71. The van der Waals surface area contributed by atoms with E-state index in [2.05, 4.69) is 50.6 Å². The number of anilines is 1. The first-order chi connectivity index (χ1) is 10.3. The van der Waals surface area contributed by atoms with Gasteiger partial charge < -0.3 is 14.2 Å². The molecule has 0 unspecified atom stereocenters. The Morgan fingerprint density at radius 3 is 2.32 bits per heavy atom. The van der Waals surface area contributed by atoms with Crippen molar-refractivity contribution in [3.63, 3.8) is 0 Å². The molecule has 0 spiro atoms. The van der Waals surface area contributed by atoms with Gasteiger partial charge >= 0.3 is 7.12 Å². The fraction of sp³-hybridized carbons (Fsp3) is 0.706. The minimum Gasteiger partial charge on any atom is -0.399 e. The van der Waals surface area contributed by atoms with Gasteiger partial charge in [0, 0.05) is 19.3 Å². The lowest BCUT2D eigenvalue weighted by molar-refractivity contribution is 0.00578. The van der Waals surface area contributed by atoms with E-state index in [9.17, 15) is 0 Å². The molecule has 2 aliphatic rings. The fourth-order valence-corrected chi connectivity index (χ4v) is 2.97. The van der Waals surface area contributed by atoms with Gasteiger partial charge in [0.15, 0.2) is 0 Å². The Hall–Kier alpha value is -1.07. The van der Waals surface area contributed by atoms with E-state index in [0.717, 1.165) is 30.3 Å². The van der Waals surface area contributed by atoms with Crippen molar-refractivity contribution < 1.29 is 9.31 Å². The van der Waals surface area contributed by atoms with Crippen LogP contribution in [-0.4, -0.2) is 36.4 Å². The van der Waals surface area contributed by atoms with Gasteiger partial charge in [-0.05, 0) is 64.1 Å². The second kappa shape index (κ2) is 5.53. The number of nitrogens with zero attached hydrogens (tertiary/aromatic N) is 2. The Bertz CT molecular complexity index is 523. The molecule has 0 aliphatic carbocycles. The minimum absolute atomic E-state index is 0.304. The van der Waals surface area contributed by atoms with Crippen molar-refractivity contribution in [3.05, 3.63) is 18.3 Å². The third-order valence-electron chi connectivity index (χ3n) is 5.40. The van der Waals surface area contributed by atoms with Gasteiger partial charge in [0.05, 0.1) is 11.2 Å². The number of pyridine rings is 1. The molecule has 4 nitrogen and oxygen atoms in total. The Morgan fingerprint density at radius 1 is 1.14 bits per heavy atom. The molecule has 1 aromatic heterocycles. The van der Waals surface area contributed by atoms with Gasteiger partial charge in [-0.25, -0.2) is 4.98 Å². The first-order valence-corrected chi connectivity index (χ1v) is 8.35. The Morgan fingerprint density at radius 2 is 1.73 bits per heavy atom. The third kappa shape index (κ3) is 2.89. The van der Waals surface area contributed by atoms with Crippen molar-refractivity contribution in [2.75, 3.05) is 18.0 Å². The van der Waals surface area contributed by atoms with Gasteiger partial charge in [-0.1, -0.05) is 6.92 Å². The first kappa shape index (κ1) is 15.8. The van der Waals surface area contributed by atoms with Crippen molar-refractivity contribution in [3.8, 4) is 0 Å². The van der Waals surface area contributed by atoms with Crippen LogP contribution >= 0.6 is 0 Å². The number of aromatic nitrogens is 1. The molecule has 0 N–H and O–H groups in total. The molecule has 0 atom stereocenters. The van der Waals surface area contributed by atoms with Gasteiger partial charge in [-0.15, -0.1) is 0 Å². The quantitative estimate of drug-likeness (QED) is 0.787. The maximum Gasteiger partial charge on any atom is 0.495 e. The number of piperidine rings is 1. The van der Waals surface area contributed by atoms with E-state index in [1.54, 1.807) is 0 Å². The molecule has 120 valence electrons. The van der Waals surface area contributed by atoms with Crippen LogP contribution in [0.4, 0.5) is 5.82 Å². The van der Waals surface area contributed by atoms with Crippen molar-refractivity contribution in [2.24, 2.45) is 5.92 Å². The Labute approximate surface area is 134 Å². The molecule has 0 aromatic carbocycles. The molecule has 3 rings (SSSR count). The molecule has 2 saturated heterocycles. The summed E-state index contributed by atoms with van der Waals surface area (Å²) in [6, 6.07) is 4.12. The van der Waals surface area contributed by atoms with Crippen LogP contribution in [0.2, 0.25) is 0 Å². The predicted molar refractivity (Wildman–Crippen MR) is 90.6 cm³/mol. The maximum absolute atomic E-state index is 6.14. The summed E-state index contributed by atoms with van der Waals surface area (Å²) in [6.45, 7) is 12.8. The minimum atomic E-state index is -0.310. The highest BCUT2D eigenvalue weighted by molar-refractivity contribution is 6.62. The van der Waals surface area contributed by atoms with Gasteiger partial charge in [0.25, 0.3) is 0 Å². The first-order valence-electron chi connectivity index (χ1n) is 8.35. The van der Waals surface area contributed by atoms with E-state index in [1.165, 1.54) is 12.8 Å². The van der Waals surface area contributed by atoms with E-state index in [4.69, 9.17) is 9.31 Å². The normalized spacial score (nSPS) is 24.8. The topological polar surface area (TPSA) is 34.6 Å². The lowest BCUT2D eigenvalue weighted by atomic mass is 9.79. The summed E-state index contributed by atoms with van der Waals surface area (Å²) in [5, 5.41) is 0. The summed E-state index contributed by atoms with van der Waals surface area (Å²) in [6.07, 6.45) is 4.35. The largest absolute Gasteiger partial charge is 0.495 e. The highest BCUT2D eigenvalue weighted by Crippen LogP contribution is 2.36. The smallest absolute Gasteiger partial charge is 0.399 e. The highest BCUT2D eigenvalue weighted by Gasteiger charge is 2.51. The average Bonchev–Trinajstić information content (AvgIpc) is 2.68. The van der Waals surface area contributed by atoms with Crippen LogP contribution in [0.5, 0.6) is 0 Å². The third-order valence-corrected chi connectivity index (χ3v) is 5.40. The van der Waals surface area contributed by atoms with Crippen LogP contribution in [0.3, 0.4) is 0 Å². The van der Waals surface area contributed by atoms with Crippen LogP contribution < -0.4 is 10.4 Å². The van der Waals surface area contributed by atoms with E-state index in [-0.39, 0.29) is 18.3 Å². The van der Waals surface area contributed by atoms with Crippen molar-refractivity contribution >= 4 is 18.4 Å². The second-order valence-electron chi connectivity index (χ2n) is 7.71. The van der Waals surface area contributed by atoms with Crippen LogP contribution in [0.25, 0.3) is 0 Å². The SMILES string of the molecule is CC1CCN(c2cc(B3OC(C)(C)C(C)(C)O3)ccn2)CC1. The molecule has 0 bridgehead atoms. The van der Waals surface area contributed by atoms with Crippen molar-refractivity contribution in [1.82, 2.24) is 4.98 Å². The molecule has 3 heterocycles. The molecule has 1 aromatic rings. The van der Waals surface area contributed by atoms with Gasteiger partial charge in [-0.3, -0.25) is 0 Å². The molecule has 0 radical (unpaired) electrons. The van der Waals surface area contributed by atoms with Crippen LogP contribution in [0.15, 0.2) is 18.3 Å². The molecular formula is C17H27BN2O2. The fourth-order valence-electron chi connectivity index (χ4n) is 2.97. The molecular weight excluding hydrogens is 275 g/mol. The lowest BCUT2D eigenvalue weighted by Crippen LogP contribution is -2.41. The Kier molecular flexibility index (Phi) is 3.98. The van der Waals surface area contributed by atoms with Gasteiger partial charge in [0.2, 0.25) is 0 Å². The highest BCUT2D eigenvalue weighted by atomic mass is 16.7. The molecule has 2 fully saturated rings. The zero-order chi connectivity index (χ0) is 16.0. The molecule has 0 saturated carbocycles. The lowest BCUT2D eigenvalue weighted by Gasteiger charge is -2.32. The molecule has 5 heteroatoms. The molecule has 22 heavy (non-hydrogen) atoms. The van der Waals surface area contributed by atoms with Crippen LogP contribution in [-0.2, 0) is 9.31 Å².